The Bertz CT molecular complexity index is 754. The van der Waals surface area contributed by atoms with Gasteiger partial charge in [-0.15, -0.1) is 0 Å². The third kappa shape index (κ3) is 2.60. The third-order valence-electron chi connectivity index (χ3n) is 3.79. The SMILES string of the molecule is CC(O)c1ccc2c(c1)CN(S(=O)(=O)c1ccccc1)C2. The predicted molar refractivity (Wildman–Crippen MR) is 80.0 cm³/mol. The molecule has 0 spiro atoms. The topological polar surface area (TPSA) is 57.6 Å². The van der Waals surface area contributed by atoms with Gasteiger partial charge in [0.1, 0.15) is 0 Å². The van der Waals surface area contributed by atoms with Gasteiger partial charge in [0.25, 0.3) is 0 Å². The first-order chi connectivity index (χ1) is 9.98. The van der Waals surface area contributed by atoms with E-state index in [1.165, 1.54) is 4.31 Å². The van der Waals surface area contributed by atoms with Crippen molar-refractivity contribution in [1.29, 1.82) is 0 Å². The van der Waals surface area contributed by atoms with Gasteiger partial charge in [-0.3, -0.25) is 0 Å². The molecule has 5 heteroatoms. The van der Waals surface area contributed by atoms with Crippen LogP contribution in [0.25, 0.3) is 0 Å². The van der Waals surface area contributed by atoms with Crippen LogP contribution in [0.2, 0.25) is 0 Å². The summed E-state index contributed by atoms with van der Waals surface area (Å²) in [5.74, 6) is 0. The van der Waals surface area contributed by atoms with Gasteiger partial charge >= 0.3 is 0 Å². The van der Waals surface area contributed by atoms with Crippen molar-refractivity contribution in [3.63, 3.8) is 0 Å². The summed E-state index contributed by atoms with van der Waals surface area (Å²) in [5.41, 5.74) is 2.78. The Labute approximate surface area is 124 Å². The molecule has 110 valence electrons. The molecule has 0 aromatic heterocycles. The van der Waals surface area contributed by atoms with Gasteiger partial charge in [-0.25, -0.2) is 8.42 Å². The quantitative estimate of drug-likeness (QED) is 0.947. The molecule has 1 aliphatic heterocycles. The lowest BCUT2D eigenvalue weighted by Crippen LogP contribution is -2.25. The van der Waals surface area contributed by atoms with Crippen molar-refractivity contribution in [3.05, 3.63) is 65.2 Å². The molecular weight excluding hydrogens is 286 g/mol. The largest absolute Gasteiger partial charge is 0.389 e. The molecule has 1 unspecified atom stereocenters. The number of hydrogen-bond acceptors (Lipinski definition) is 3. The van der Waals surface area contributed by atoms with E-state index in [4.69, 9.17) is 0 Å². The zero-order valence-electron chi connectivity index (χ0n) is 11.7. The fourth-order valence-electron chi connectivity index (χ4n) is 2.55. The molecule has 0 amide bonds. The van der Waals surface area contributed by atoms with Crippen LogP contribution in [0.3, 0.4) is 0 Å². The van der Waals surface area contributed by atoms with Crippen molar-refractivity contribution in [2.45, 2.75) is 31.0 Å². The zero-order valence-corrected chi connectivity index (χ0v) is 12.5. The van der Waals surface area contributed by atoms with Gasteiger partial charge < -0.3 is 5.11 Å². The summed E-state index contributed by atoms with van der Waals surface area (Å²) in [5, 5.41) is 9.63. The number of hydrogen-bond donors (Lipinski definition) is 1. The summed E-state index contributed by atoms with van der Waals surface area (Å²) in [4.78, 5) is 0.313. The minimum absolute atomic E-state index is 0.313. The first-order valence-electron chi connectivity index (χ1n) is 6.83. The second-order valence-electron chi connectivity index (χ2n) is 5.29. The summed E-state index contributed by atoms with van der Waals surface area (Å²) in [6, 6.07) is 14.1. The van der Waals surface area contributed by atoms with Crippen LogP contribution in [0.4, 0.5) is 0 Å². The maximum Gasteiger partial charge on any atom is 0.243 e. The van der Waals surface area contributed by atoms with E-state index in [1.807, 2.05) is 18.2 Å². The van der Waals surface area contributed by atoms with Crippen molar-refractivity contribution in [2.24, 2.45) is 0 Å². The van der Waals surface area contributed by atoms with Gasteiger partial charge in [0.05, 0.1) is 11.0 Å². The second-order valence-corrected chi connectivity index (χ2v) is 7.23. The number of sulfonamides is 1. The highest BCUT2D eigenvalue weighted by atomic mass is 32.2. The number of aliphatic hydroxyl groups is 1. The Morgan fingerprint density at radius 3 is 2.38 bits per heavy atom. The molecule has 1 heterocycles. The first kappa shape index (κ1) is 14.3. The molecule has 0 saturated heterocycles. The van der Waals surface area contributed by atoms with Gasteiger partial charge in [-0.05, 0) is 35.7 Å². The molecule has 1 aliphatic rings. The summed E-state index contributed by atoms with van der Waals surface area (Å²) in [6.45, 7) is 2.44. The molecule has 4 nitrogen and oxygen atoms in total. The van der Waals surface area contributed by atoms with E-state index >= 15 is 0 Å². The minimum atomic E-state index is -3.47. The van der Waals surface area contributed by atoms with E-state index in [-0.39, 0.29) is 0 Å². The highest BCUT2D eigenvalue weighted by Crippen LogP contribution is 2.30. The molecule has 0 radical (unpaired) electrons. The summed E-state index contributed by atoms with van der Waals surface area (Å²) >= 11 is 0. The smallest absolute Gasteiger partial charge is 0.243 e. The molecule has 2 aromatic rings. The van der Waals surface area contributed by atoms with Crippen LogP contribution in [0.5, 0.6) is 0 Å². The Morgan fingerprint density at radius 2 is 1.71 bits per heavy atom. The van der Waals surface area contributed by atoms with Crippen LogP contribution in [-0.2, 0) is 23.1 Å². The van der Waals surface area contributed by atoms with Crippen molar-refractivity contribution >= 4 is 10.0 Å². The Balaban J connectivity index is 1.91. The number of fused-ring (bicyclic) bond motifs is 1. The average molecular weight is 303 g/mol. The lowest BCUT2D eigenvalue weighted by atomic mass is 10.0. The van der Waals surface area contributed by atoms with Crippen LogP contribution in [-0.4, -0.2) is 17.8 Å². The van der Waals surface area contributed by atoms with Gasteiger partial charge in [-0.1, -0.05) is 36.4 Å². The molecule has 1 atom stereocenters. The molecule has 21 heavy (non-hydrogen) atoms. The summed E-state index contributed by atoms with van der Waals surface area (Å²) < 4.78 is 26.7. The average Bonchev–Trinajstić information content (AvgIpc) is 2.91. The third-order valence-corrected chi connectivity index (χ3v) is 5.59. The molecular formula is C16H17NO3S. The fraction of sp³-hybridized carbons (Fsp3) is 0.250. The van der Waals surface area contributed by atoms with Crippen molar-refractivity contribution < 1.29 is 13.5 Å². The van der Waals surface area contributed by atoms with Gasteiger partial charge in [0.2, 0.25) is 10.0 Å². The van der Waals surface area contributed by atoms with Crippen molar-refractivity contribution in [2.75, 3.05) is 0 Å². The van der Waals surface area contributed by atoms with E-state index in [0.717, 1.165) is 16.7 Å². The Kier molecular flexibility index (Phi) is 3.57. The van der Waals surface area contributed by atoms with Crippen molar-refractivity contribution in [1.82, 2.24) is 4.31 Å². The lowest BCUT2D eigenvalue weighted by molar-refractivity contribution is 0.199. The summed E-state index contributed by atoms with van der Waals surface area (Å²) in [6.07, 6.45) is -0.546. The Hall–Kier alpha value is -1.69. The van der Waals surface area contributed by atoms with Crippen LogP contribution < -0.4 is 0 Å². The standard InChI is InChI=1S/C16H17NO3S/c1-12(18)13-7-8-14-10-17(11-15(14)9-13)21(19,20)16-5-3-2-4-6-16/h2-9,12,18H,10-11H2,1H3. The zero-order chi connectivity index (χ0) is 15.0. The highest BCUT2D eigenvalue weighted by Gasteiger charge is 2.30. The normalized spacial score (nSPS) is 16.7. The van der Waals surface area contributed by atoms with Gasteiger partial charge in [0.15, 0.2) is 0 Å². The van der Waals surface area contributed by atoms with E-state index < -0.39 is 16.1 Å². The van der Waals surface area contributed by atoms with E-state index in [0.29, 0.717) is 18.0 Å². The maximum atomic E-state index is 12.6. The molecule has 0 saturated carbocycles. The second kappa shape index (κ2) is 5.26. The van der Waals surface area contributed by atoms with E-state index in [9.17, 15) is 13.5 Å². The molecule has 0 aliphatic carbocycles. The fourth-order valence-corrected chi connectivity index (χ4v) is 3.97. The van der Waals surface area contributed by atoms with Crippen LogP contribution in [0.15, 0.2) is 53.4 Å². The van der Waals surface area contributed by atoms with Crippen LogP contribution in [0.1, 0.15) is 29.7 Å². The van der Waals surface area contributed by atoms with Gasteiger partial charge in [0, 0.05) is 13.1 Å². The molecule has 0 fully saturated rings. The van der Waals surface area contributed by atoms with Crippen LogP contribution >= 0.6 is 0 Å². The Morgan fingerprint density at radius 1 is 1.05 bits per heavy atom. The number of aliphatic hydroxyl groups excluding tert-OH is 1. The molecule has 0 bridgehead atoms. The predicted octanol–water partition coefficient (Wildman–Crippen LogP) is 2.44. The highest BCUT2D eigenvalue weighted by molar-refractivity contribution is 7.89. The van der Waals surface area contributed by atoms with Crippen LogP contribution in [0, 0.1) is 0 Å². The molecule has 2 aromatic carbocycles. The number of benzene rings is 2. The van der Waals surface area contributed by atoms with E-state index in [1.54, 1.807) is 37.3 Å². The lowest BCUT2D eigenvalue weighted by Gasteiger charge is -2.15. The molecule has 1 N–H and O–H groups in total. The number of nitrogens with zero attached hydrogens (tertiary/aromatic N) is 1. The first-order valence-corrected chi connectivity index (χ1v) is 8.27. The number of rotatable bonds is 3. The van der Waals surface area contributed by atoms with Crippen molar-refractivity contribution in [3.8, 4) is 0 Å². The summed E-state index contributed by atoms with van der Waals surface area (Å²) in [7, 11) is -3.47. The maximum absolute atomic E-state index is 12.6. The van der Waals surface area contributed by atoms with E-state index in [2.05, 4.69) is 0 Å². The minimum Gasteiger partial charge on any atom is -0.389 e. The van der Waals surface area contributed by atoms with Gasteiger partial charge in [-0.2, -0.15) is 4.31 Å². The monoisotopic (exact) mass is 303 g/mol. The molecule has 3 rings (SSSR count).